The lowest BCUT2D eigenvalue weighted by molar-refractivity contribution is 0.483. The third-order valence-electron chi connectivity index (χ3n) is 3.19. The Balaban J connectivity index is 1.91. The Kier molecular flexibility index (Phi) is 3.62. The van der Waals surface area contributed by atoms with E-state index in [0.717, 1.165) is 15.6 Å². The minimum atomic E-state index is 0.0270. The van der Waals surface area contributed by atoms with Crippen molar-refractivity contribution in [2.45, 2.75) is 0 Å². The average Bonchev–Trinajstić information content (AvgIpc) is 2.47. The predicted octanol–water partition coefficient (Wildman–Crippen LogP) is 4.68. The van der Waals surface area contributed by atoms with Gasteiger partial charge in [-0.2, -0.15) is 0 Å². The highest BCUT2D eigenvalue weighted by atomic mass is 79.9. The van der Waals surface area contributed by atoms with Crippen molar-refractivity contribution < 1.29 is 4.74 Å². The van der Waals surface area contributed by atoms with E-state index in [-0.39, 0.29) is 5.84 Å². The first-order valence-corrected chi connectivity index (χ1v) is 7.23. The fourth-order valence-electron chi connectivity index (χ4n) is 2.14. The Morgan fingerprint density at radius 2 is 1.57 bits per heavy atom. The van der Waals surface area contributed by atoms with Gasteiger partial charge in [0.2, 0.25) is 0 Å². The summed E-state index contributed by atoms with van der Waals surface area (Å²) in [6, 6.07) is 19.5. The van der Waals surface area contributed by atoms with Crippen LogP contribution in [0.1, 0.15) is 5.56 Å². The molecule has 3 nitrogen and oxygen atoms in total. The van der Waals surface area contributed by atoms with E-state index in [4.69, 9.17) is 15.9 Å². The summed E-state index contributed by atoms with van der Waals surface area (Å²) in [6.45, 7) is 0. The molecule has 21 heavy (non-hydrogen) atoms. The zero-order valence-corrected chi connectivity index (χ0v) is 12.7. The lowest BCUT2D eigenvalue weighted by atomic mass is 10.1. The maximum Gasteiger partial charge on any atom is 0.128 e. The summed E-state index contributed by atoms with van der Waals surface area (Å²) in [6.07, 6.45) is 0. The van der Waals surface area contributed by atoms with Crippen LogP contribution in [-0.2, 0) is 0 Å². The number of nitrogen functional groups attached to an aromatic ring is 1. The molecule has 0 aliphatic carbocycles. The second-order valence-electron chi connectivity index (χ2n) is 4.67. The molecule has 0 saturated heterocycles. The van der Waals surface area contributed by atoms with Crippen molar-refractivity contribution >= 4 is 32.5 Å². The molecule has 0 heterocycles. The Morgan fingerprint density at radius 1 is 0.905 bits per heavy atom. The minimum Gasteiger partial charge on any atom is -0.457 e. The molecule has 0 aromatic heterocycles. The van der Waals surface area contributed by atoms with Crippen molar-refractivity contribution in [3.8, 4) is 11.5 Å². The number of halogens is 1. The number of hydrogen-bond acceptors (Lipinski definition) is 2. The number of rotatable bonds is 3. The summed E-state index contributed by atoms with van der Waals surface area (Å²) in [7, 11) is 0. The molecule has 3 aromatic rings. The van der Waals surface area contributed by atoms with E-state index in [9.17, 15) is 0 Å². The zero-order chi connectivity index (χ0) is 14.8. The summed E-state index contributed by atoms with van der Waals surface area (Å²) >= 11 is 3.40. The monoisotopic (exact) mass is 340 g/mol. The van der Waals surface area contributed by atoms with Crippen LogP contribution in [0.2, 0.25) is 0 Å². The van der Waals surface area contributed by atoms with E-state index < -0.39 is 0 Å². The zero-order valence-electron chi connectivity index (χ0n) is 11.1. The molecular formula is C17H13BrN2O. The fraction of sp³-hybridized carbons (Fsp3) is 0. The molecule has 3 rings (SSSR count). The molecule has 3 aromatic carbocycles. The molecule has 0 fully saturated rings. The van der Waals surface area contributed by atoms with E-state index in [1.165, 1.54) is 5.39 Å². The summed E-state index contributed by atoms with van der Waals surface area (Å²) in [4.78, 5) is 0. The highest BCUT2D eigenvalue weighted by molar-refractivity contribution is 9.10. The van der Waals surface area contributed by atoms with Gasteiger partial charge in [0.25, 0.3) is 0 Å². The molecule has 0 unspecified atom stereocenters. The van der Waals surface area contributed by atoms with Crippen LogP contribution >= 0.6 is 15.9 Å². The third-order valence-corrected chi connectivity index (χ3v) is 3.84. The Morgan fingerprint density at radius 3 is 2.29 bits per heavy atom. The number of nitrogens with two attached hydrogens (primary N) is 1. The average molecular weight is 341 g/mol. The van der Waals surface area contributed by atoms with Gasteiger partial charge in [0.05, 0.1) is 0 Å². The van der Waals surface area contributed by atoms with Gasteiger partial charge >= 0.3 is 0 Å². The molecule has 0 aliphatic heterocycles. The first-order valence-electron chi connectivity index (χ1n) is 6.44. The Labute approximate surface area is 131 Å². The second kappa shape index (κ2) is 5.58. The quantitative estimate of drug-likeness (QED) is 0.537. The van der Waals surface area contributed by atoms with E-state index >= 15 is 0 Å². The van der Waals surface area contributed by atoms with Gasteiger partial charge in [-0.3, -0.25) is 5.41 Å². The predicted molar refractivity (Wildman–Crippen MR) is 89.2 cm³/mol. The first-order chi connectivity index (χ1) is 10.1. The lowest BCUT2D eigenvalue weighted by Crippen LogP contribution is -2.11. The van der Waals surface area contributed by atoms with Crippen molar-refractivity contribution in [3.63, 3.8) is 0 Å². The molecule has 4 heteroatoms. The van der Waals surface area contributed by atoms with E-state index in [1.807, 2.05) is 36.4 Å². The molecule has 0 atom stereocenters. The van der Waals surface area contributed by atoms with Crippen molar-refractivity contribution in [2.75, 3.05) is 0 Å². The van der Waals surface area contributed by atoms with E-state index in [1.54, 1.807) is 12.1 Å². The highest BCUT2D eigenvalue weighted by Crippen LogP contribution is 2.29. The van der Waals surface area contributed by atoms with Gasteiger partial charge in [-0.05, 0) is 57.0 Å². The van der Waals surface area contributed by atoms with Crippen LogP contribution in [0.25, 0.3) is 10.8 Å². The Hall–Kier alpha value is -2.33. The number of nitrogens with one attached hydrogen (secondary N) is 1. The largest absolute Gasteiger partial charge is 0.457 e. The highest BCUT2D eigenvalue weighted by Gasteiger charge is 2.06. The molecule has 104 valence electrons. The molecular weight excluding hydrogens is 328 g/mol. The number of hydrogen-bond donors (Lipinski definition) is 2. The third kappa shape index (κ3) is 2.90. The Bertz CT molecular complexity index is 830. The molecule has 0 radical (unpaired) electrons. The van der Waals surface area contributed by atoms with Crippen LogP contribution in [0.4, 0.5) is 0 Å². The van der Waals surface area contributed by atoms with E-state index in [2.05, 4.69) is 28.1 Å². The minimum absolute atomic E-state index is 0.0270. The van der Waals surface area contributed by atoms with Gasteiger partial charge in [0.15, 0.2) is 0 Å². The summed E-state index contributed by atoms with van der Waals surface area (Å²) in [5, 5.41) is 9.78. The number of benzene rings is 3. The summed E-state index contributed by atoms with van der Waals surface area (Å²) in [5.41, 5.74) is 6.15. The SMILES string of the molecule is N=C(N)c1ccc(Oc2ccc3ccccc3c2)cc1Br. The standard InChI is InChI=1S/C17H13BrN2O/c18-16-10-14(7-8-15(16)17(19)20)21-13-6-5-11-3-1-2-4-12(11)9-13/h1-10H,(H3,19,20). The van der Waals surface area contributed by atoms with Gasteiger partial charge in [-0.1, -0.05) is 30.3 Å². The molecule has 0 spiro atoms. The van der Waals surface area contributed by atoms with Gasteiger partial charge in [-0.15, -0.1) is 0 Å². The lowest BCUT2D eigenvalue weighted by Gasteiger charge is -2.09. The van der Waals surface area contributed by atoms with Crippen molar-refractivity contribution in [3.05, 3.63) is 70.7 Å². The second-order valence-corrected chi connectivity index (χ2v) is 5.52. The molecule has 0 bridgehead atoms. The van der Waals surface area contributed by atoms with Crippen molar-refractivity contribution in [1.29, 1.82) is 5.41 Å². The van der Waals surface area contributed by atoms with Crippen LogP contribution in [-0.4, -0.2) is 5.84 Å². The van der Waals surface area contributed by atoms with Crippen LogP contribution in [0.5, 0.6) is 11.5 Å². The number of ether oxygens (including phenoxy) is 1. The molecule has 0 saturated carbocycles. The maximum absolute atomic E-state index is 7.47. The maximum atomic E-state index is 7.47. The van der Waals surface area contributed by atoms with Crippen LogP contribution < -0.4 is 10.5 Å². The van der Waals surface area contributed by atoms with Crippen LogP contribution in [0.3, 0.4) is 0 Å². The topological polar surface area (TPSA) is 59.1 Å². The number of fused-ring (bicyclic) bond motifs is 1. The summed E-state index contributed by atoms with van der Waals surface area (Å²) in [5.74, 6) is 1.50. The first kappa shape index (κ1) is 13.6. The molecule has 0 amide bonds. The summed E-state index contributed by atoms with van der Waals surface area (Å²) < 4.78 is 6.60. The van der Waals surface area contributed by atoms with Crippen LogP contribution in [0, 0.1) is 5.41 Å². The van der Waals surface area contributed by atoms with E-state index in [0.29, 0.717) is 11.3 Å². The van der Waals surface area contributed by atoms with Gasteiger partial charge in [0.1, 0.15) is 17.3 Å². The normalized spacial score (nSPS) is 10.5. The van der Waals surface area contributed by atoms with Gasteiger partial charge in [0, 0.05) is 10.0 Å². The van der Waals surface area contributed by atoms with Crippen molar-refractivity contribution in [2.24, 2.45) is 5.73 Å². The fourth-order valence-corrected chi connectivity index (χ4v) is 2.72. The van der Waals surface area contributed by atoms with Gasteiger partial charge < -0.3 is 10.5 Å². The van der Waals surface area contributed by atoms with Gasteiger partial charge in [-0.25, -0.2) is 0 Å². The number of amidine groups is 1. The van der Waals surface area contributed by atoms with Crippen LogP contribution in [0.15, 0.2) is 65.1 Å². The smallest absolute Gasteiger partial charge is 0.128 e. The molecule has 0 aliphatic rings. The van der Waals surface area contributed by atoms with Crippen molar-refractivity contribution in [1.82, 2.24) is 0 Å². The molecule has 3 N–H and O–H groups in total.